The summed E-state index contributed by atoms with van der Waals surface area (Å²) in [6, 6.07) is 16.9. The third-order valence-electron chi connectivity index (χ3n) is 5.49. The Bertz CT molecular complexity index is 992. The Labute approximate surface area is 174 Å². The number of benzene rings is 2. The van der Waals surface area contributed by atoms with Crippen molar-refractivity contribution in [3.05, 3.63) is 76.1 Å². The molecule has 2 aromatic carbocycles. The number of halogens is 1. The van der Waals surface area contributed by atoms with Gasteiger partial charge < -0.3 is 4.90 Å². The third-order valence-corrected chi connectivity index (χ3v) is 6.65. The van der Waals surface area contributed by atoms with Gasteiger partial charge in [0.1, 0.15) is 5.82 Å². The number of fused-ring (bicyclic) bond motifs is 1. The lowest BCUT2D eigenvalue weighted by atomic mass is 9.85. The molecule has 6 heteroatoms. The van der Waals surface area contributed by atoms with Crippen LogP contribution in [0.3, 0.4) is 0 Å². The van der Waals surface area contributed by atoms with Gasteiger partial charge in [-0.3, -0.25) is 9.69 Å². The predicted octanol–water partition coefficient (Wildman–Crippen LogP) is 5.17. The summed E-state index contributed by atoms with van der Waals surface area (Å²) < 4.78 is 13.2. The number of rotatable bonds is 3. The van der Waals surface area contributed by atoms with Gasteiger partial charge in [-0.2, -0.15) is 5.26 Å². The van der Waals surface area contributed by atoms with Crippen molar-refractivity contribution in [3.63, 3.8) is 0 Å². The average molecular weight is 408 g/mol. The standard InChI is InChI=1S/C23H22FN3OS/c1-15(2)16-3-5-17(6-4-16)20-11-22(28)27-13-26(14-29-23(27)21(20)12-25)19-9-7-18(24)8-10-19/h3-10,15,20H,11,13-14H2,1-2H3/t20-/m0/s1. The maximum atomic E-state index is 13.2. The first-order valence-corrected chi connectivity index (χ1v) is 10.6. The summed E-state index contributed by atoms with van der Waals surface area (Å²) in [6.07, 6.45) is 0.283. The van der Waals surface area contributed by atoms with E-state index in [-0.39, 0.29) is 24.1 Å². The summed E-state index contributed by atoms with van der Waals surface area (Å²) in [6.45, 7) is 4.66. The minimum absolute atomic E-state index is 0.0104. The minimum Gasteiger partial charge on any atom is -0.344 e. The zero-order chi connectivity index (χ0) is 20.5. The normalized spacial score (nSPS) is 19.4. The molecule has 148 valence electrons. The van der Waals surface area contributed by atoms with Gasteiger partial charge in [-0.05, 0) is 41.3 Å². The Morgan fingerprint density at radius 3 is 2.45 bits per heavy atom. The molecule has 4 rings (SSSR count). The van der Waals surface area contributed by atoms with Crippen LogP contribution in [0.15, 0.2) is 59.1 Å². The number of thioether (sulfide) groups is 1. The Morgan fingerprint density at radius 1 is 1.14 bits per heavy atom. The van der Waals surface area contributed by atoms with Gasteiger partial charge in [0, 0.05) is 18.0 Å². The first-order chi connectivity index (χ1) is 14.0. The van der Waals surface area contributed by atoms with E-state index >= 15 is 0 Å². The fraction of sp³-hybridized carbons (Fsp3) is 0.304. The highest BCUT2D eigenvalue weighted by atomic mass is 32.2. The van der Waals surface area contributed by atoms with Gasteiger partial charge in [-0.15, -0.1) is 0 Å². The van der Waals surface area contributed by atoms with E-state index in [1.807, 2.05) is 17.0 Å². The minimum atomic E-state index is -0.286. The highest BCUT2D eigenvalue weighted by molar-refractivity contribution is 8.03. The number of carbonyl (C=O) groups is 1. The van der Waals surface area contributed by atoms with Gasteiger partial charge in [-0.25, -0.2) is 4.39 Å². The second-order valence-electron chi connectivity index (χ2n) is 7.66. The molecule has 2 heterocycles. The number of carbonyl (C=O) groups excluding carboxylic acids is 1. The molecule has 0 saturated carbocycles. The SMILES string of the molecule is CC(C)c1ccc([C@@H]2CC(=O)N3CN(c4ccc(F)cc4)CSC3=C2C#N)cc1. The summed E-state index contributed by atoms with van der Waals surface area (Å²) in [5.41, 5.74) is 3.76. The van der Waals surface area contributed by atoms with Crippen LogP contribution < -0.4 is 4.90 Å². The number of amides is 1. The number of nitrogens with zero attached hydrogens (tertiary/aromatic N) is 3. The Morgan fingerprint density at radius 2 is 1.83 bits per heavy atom. The third kappa shape index (κ3) is 3.75. The van der Waals surface area contributed by atoms with Gasteiger partial charge in [0.2, 0.25) is 5.91 Å². The van der Waals surface area contributed by atoms with Crippen LogP contribution in [0.2, 0.25) is 0 Å². The zero-order valence-corrected chi connectivity index (χ0v) is 17.2. The molecule has 4 nitrogen and oxygen atoms in total. The first kappa shape index (κ1) is 19.5. The lowest BCUT2D eigenvalue weighted by molar-refractivity contribution is -0.129. The molecule has 1 fully saturated rings. The van der Waals surface area contributed by atoms with Crippen molar-refractivity contribution in [1.82, 2.24) is 4.90 Å². The predicted molar refractivity (Wildman–Crippen MR) is 114 cm³/mol. The lowest BCUT2D eigenvalue weighted by Crippen LogP contribution is -2.47. The maximum absolute atomic E-state index is 13.2. The van der Waals surface area contributed by atoms with Gasteiger partial charge in [0.15, 0.2) is 0 Å². The summed E-state index contributed by atoms with van der Waals surface area (Å²) in [7, 11) is 0. The highest BCUT2D eigenvalue weighted by Gasteiger charge is 2.38. The van der Waals surface area contributed by atoms with Crippen LogP contribution in [0.4, 0.5) is 10.1 Å². The van der Waals surface area contributed by atoms with Crippen molar-refractivity contribution >= 4 is 23.4 Å². The molecule has 0 unspecified atom stereocenters. The van der Waals surface area contributed by atoms with Crippen LogP contribution in [0.25, 0.3) is 0 Å². The van der Waals surface area contributed by atoms with Gasteiger partial charge in [0.25, 0.3) is 0 Å². The first-order valence-electron chi connectivity index (χ1n) is 9.65. The molecule has 0 bridgehead atoms. The molecule has 2 aliphatic rings. The molecule has 0 radical (unpaired) electrons. The molecule has 2 aromatic rings. The van der Waals surface area contributed by atoms with E-state index in [0.717, 1.165) is 16.3 Å². The number of hydrogen-bond acceptors (Lipinski definition) is 4. The molecular weight excluding hydrogens is 385 g/mol. The molecule has 2 aliphatic heterocycles. The van der Waals surface area contributed by atoms with Crippen molar-refractivity contribution in [3.8, 4) is 6.07 Å². The highest BCUT2D eigenvalue weighted by Crippen LogP contribution is 2.43. The monoisotopic (exact) mass is 407 g/mol. The molecule has 0 aliphatic carbocycles. The summed E-state index contributed by atoms with van der Waals surface area (Å²) in [5, 5.41) is 10.6. The van der Waals surface area contributed by atoms with Crippen LogP contribution in [0, 0.1) is 17.1 Å². The van der Waals surface area contributed by atoms with E-state index in [1.54, 1.807) is 17.0 Å². The van der Waals surface area contributed by atoms with Crippen LogP contribution >= 0.6 is 11.8 Å². The molecule has 1 amide bonds. The van der Waals surface area contributed by atoms with Crippen LogP contribution in [0.1, 0.15) is 43.2 Å². The van der Waals surface area contributed by atoms with Crippen molar-refractivity contribution in [1.29, 1.82) is 5.26 Å². The fourth-order valence-corrected chi connectivity index (χ4v) is 4.94. The molecular formula is C23H22FN3OS. The van der Waals surface area contributed by atoms with Gasteiger partial charge >= 0.3 is 0 Å². The molecule has 1 atom stereocenters. The van der Waals surface area contributed by atoms with Crippen LogP contribution in [0.5, 0.6) is 0 Å². The average Bonchev–Trinajstić information content (AvgIpc) is 2.74. The van der Waals surface area contributed by atoms with E-state index in [1.165, 1.54) is 29.5 Å². The summed E-state index contributed by atoms with van der Waals surface area (Å²) in [5.74, 6) is 0.564. The van der Waals surface area contributed by atoms with E-state index in [4.69, 9.17) is 0 Å². The van der Waals surface area contributed by atoms with Gasteiger partial charge in [-0.1, -0.05) is 49.9 Å². The van der Waals surface area contributed by atoms with Crippen LogP contribution in [-0.4, -0.2) is 23.4 Å². The van der Waals surface area contributed by atoms with E-state index < -0.39 is 0 Å². The van der Waals surface area contributed by atoms with E-state index in [9.17, 15) is 14.4 Å². The van der Waals surface area contributed by atoms with Crippen molar-refractivity contribution in [2.24, 2.45) is 0 Å². The van der Waals surface area contributed by atoms with E-state index in [0.29, 0.717) is 24.0 Å². The van der Waals surface area contributed by atoms with Crippen molar-refractivity contribution in [2.45, 2.75) is 32.1 Å². The van der Waals surface area contributed by atoms with Gasteiger partial charge in [0.05, 0.1) is 29.2 Å². The van der Waals surface area contributed by atoms with Crippen molar-refractivity contribution < 1.29 is 9.18 Å². The molecule has 29 heavy (non-hydrogen) atoms. The van der Waals surface area contributed by atoms with Crippen molar-refractivity contribution in [2.75, 3.05) is 17.4 Å². The molecule has 0 aromatic heterocycles. The Hall–Kier alpha value is -2.78. The molecule has 0 N–H and O–H groups in total. The topological polar surface area (TPSA) is 47.3 Å². The number of hydrogen-bond donors (Lipinski definition) is 0. The largest absolute Gasteiger partial charge is 0.344 e. The lowest BCUT2D eigenvalue weighted by Gasteiger charge is -2.42. The number of allylic oxidation sites excluding steroid dienone is 1. The quantitative estimate of drug-likeness (QED) is 0.704. The number of nitriles is 1. The summed E-state index contributed by atoms with van der Waals surface area (Å²) >= 11 is 1.49. The zero-order valence-electron chi connectivity index (χ0n) is 16.4. The molecule has 0 spiro atoms. The molecule has 1 saturated heterocycles. The maximum Gasteiger partial charge on any atom is 0.229 e. The summed E-state index contributed by atoms with van der Waals surface area (Å²) in [4.78, 5) is 16.7. The fourth-order valence-electron chi connectivity index (χ4n) is 3.78. The second-order valence-corrected chi connectivity index (χ2v) is 8.60. The number of anilines is 1. The Balaban J connectivity index is 1.63. The smallest absolute Gasteiger partial charge is 0.229 e. The van der Waals surface area contributed by atoms with Crippen LogP contribution in [-0.2, 0) is 4.79 Å². The Kier molecular flexibility index (Phi) is 5.33. The van der Waals surface area contributed by atoms with E-state index in [2.05, 4.69) is 32.0 Å². The second kappa shape index (κ2) is 7.92.